The molecule has 1 heterocycles. The molecule has 1 N–H and O–H groups in total. The fourth-order valence-corrected chi connectivity index (χ4v) is 2.90. The van der Waals surface area contributed by atoms with Crippen molar-refractivity contribution in [3.8, 4) is 6.07 Å². The molecule has 3 heteroatoms. The van der Waals surface area contributed by atoms with Gasteiger partial charge in [-0.1, -0.05) is 6.92 Å². The summed E-state index contributed by atoms with van der Waals surface area (Å²) in [4.78, 5) is 2.57. The molecule has 2 rings (SSSR count). The quantitative estimate of drug-likeness (QED) is 0.814. The Balaban J connectivity index is 1.82. The van der Waals surface area contributed by atoms with Gasteiger partial charge in [0.25, 0.3) is 0 Å². The Kier molecular flexibility index (Phi) is 4.29. The average molecular weight is 249 g/mol. The van der Waals surface area contributed by atoms with Crippen molar-refractivity contribution in [2.45, 2.75) is 70.5 Å². The molecule has 102 valence electrons. The van der Waals surface area contributed by atoms with Gasteiger partial charge in [-0.25, -0.2) is 0 Å². The van der Waals surface area contributed by atoms with Crippen molar-refractivity contribution in [1.29, 1.82) is 5.26 Å². The Bertz CT molecular complexity index is 318. The van der Waals surface area contributed by atoms with Gasteiger partial charge in [0.2, 0.25) is 0 Å². The molecule has 3 nitrogen and oxygen atoms in total. The molecule has 18 heavy (non-hydrogen) atoms. The molecular weight excluding hydrogens is 222 g/mol. The minimum absolute atomic E-state index is 0.332. The Morgan fingerprint density at radius 2 is 2.00 bits per heavy atom. The number of nitrogens with one attached hydrogen (secondary N) is 1. The minimum Gasteiger partial charge on any atom is -0.300 e. The van der Waals surface area contributed by atoms with Crippen LogP contribution in [0.2, 0.25) is 0 Å². The van der Waals surface area contributed by atoms with E-state index in [1.165, 1.54) is 32.2 Å². The summed E-state index contributed by atoms with van der Waals surface area (Å²) in [7, 11) is 0. The van der Waals surface area contributed by atoms with E-state index in [0.717, 1.165) is 18.9 Å². The first-order valence-corrected chi connectivity index (χ1v) is 7.45. The average Bonchev–Trinajstić information content (AvgIpc) is 3.14. The highest BCUT2D eigenvalue weighted by Gasteiger charge is 2.33. The maximum Gasteiger partial charge on any atom is 0.105 e. The lowest BCUT2D eigenvalue weighted by atomic mass is 9.93. The predicted octanol–water partition coefficient (Wildman–Crippen LogP) is 2.53. The number of nitriles is 1. The van der Waals surface area contributed by atoms with Gasteiger partial charge in [0.1, 0.15) is 5.54 Å². The third-order valence-corrected chi connectivity index (χ3v) is 4.49. The number of hydrogen-bond acceptors (Lipinski definition) is 3. The number of hydrogen-bond donors (Lipinski definition) is 1. The smallest absolute Gasteiger partial charge is 0.105 e. The molecular formula is C15H27N3. The van der Waals surface area contributed by atoms with Gasteiger partial charge >= 0.3 is 0 Å². The van der Waals surface area contributed by atoms with Gasteiger partial charge in [-0.15, -0.1) is 0 Å². The van der Waals surface area contributed by atoms with Crippen LogP contribution in [0.1, 0.15) is 52.9 Å². The second kappa shape index (κ2) is 5.59. The molecule has 1 saturated heterocycles. The predicted molar refractivity (Wildman–Crippen MR) is 74.2 cm³/mol. The summed E-state index contributed by atoms with van der Waals surface area (Å²) in [5.74, 6) is 0.811. The fourth-order valence-electron chi connectivity index (χ4n) is 2.90. The minimum atomic E-state index is -0.332. The maximum atomic E-state index is 9.38. The van der Waals surface area contributed by atoms with Gasteiger partial charge in [0.05, 0.1) is 6.07 Å². The van der Waals surface area contributed by atoms with Crippen LogP contribution in [-0.4, -0.2) is 35.6 Å². The van der Waals surface area contributed by atoms with Gasteiger partial charge < -0.3 is 4.90 Å². The van der Waals surface area contributed by atoms with E-state index >= 15 is 0 Å². The standard InChI is InChI=1S/C15H27N3/c1-12-4-5-13(2)18(10-12)9-8-15(3,11-16)17-14-6-7-14/h12-14,17H,4-10H2,1-3H3. The lowest BCUT2D eigenvalue weighted by Gasteiger charge is -2.38. The molecule has 2 aliphatic rings. The van der Waals surface area contributed by atoms with Crippen molar-refractivity contribution in [1.82, 2.24) is 10.2 Å². The lowest BCUT2D eigenvalue weighted by molar-refractivity contribution is 0.116. The number of likely N-dealkylation sites (tertiary alicyclic amines) is 1. The topological polar surface area (TPSA) is 39.1 Å². The monoisotopic (exact) mass is 249 g/mol. The van der Waals surface area contributed by atoms with Crippen LogP contribution in [0.25, 0.3) is 0 Å². The van der Waals surface area contributed by atoms with Crippen LogP contribution >= 0.6 is 0 Å². The van der Waals surface area contributed by atoms with Crippen molar-refractivity contribution in [2.75, 3.05) is 13.1 Å². The van der Waals surface area contributed by atoms with E-state index in [1.807, 2.05) is 0 Å². The van der Waals surface area contributed by atoms with Crippen LogP contribution in [0.15, 0.2) is 0 Å². The third kappa shape index (κ3) is 3.70. The van der Waals surface area contributed by atoms with Gasteiger partial charge in [-0.2, -0.15) is 5.26 Å². The summed E-state index contributed by atoms with van der Waals surface area (Å²) in [6.45, 7) is 8.97. The summed E-state index contributed by atoms with van der Waals surface area (Å²) < 4.78 is 0. The number of nitrogens with zero attached hydrogens (tertiary/aromatic N) is 2. The van der Waals surface area contributed by atoms with Crippen LogP contribution in [0.4, 0.5) is 0 Å². The van der Waals surface area contributed by atoms with Gasteiger partial charge in [0, 0.05) is 25.2 Å². The van der Waals surface area contributed by atoms with Crippen LogP contribution in [0.5, 0.6) is 0 Å². The molecule has 2 fully saturated rings. The molecule has 3 atom stereocenters. The highest BCUT2D eigenvalue weighted by molar-refractivity contribution is 5.07. The van der Waals surface area contributed by atoms with E-state index in [0.29, 0.717) is 12.1 Å². The highest BCUT2D eigenvalue weighted by atomic mass is 15.2. The van der Waals surface area contributed by atoms with Gasteiger partial charge in [-0.3, -0.25) is 5.32 Å². The second-order valence-corrected chi connectivity index (χ2v) is 6.64. The first-order valence-electron chi connectivity index (χ1n) is 7.45. The van der Waals surface area contributed by atoms with E-state index in [9.17, 15) is 5.26 Å². The summed E-state index contributed by atoms with van der Waals surface area (Å²) in [5.41, 5.74) is -0.332. The Morgan fingerprint density at radius 3 is 2.61 bits per heavy atom. The first-order chi connectivity index (χ1) is 8.52. The van der Waals surface area contributed by atoms with E-state index < -0.39 is 0 Å². The molecule has 0 aromatic carbocycles. The highest BCUT2D eigenvalue weighted by Crippen LogP contribution is 2.26. The van der Waals surface area contributed by atoms with Crippen molar-refractivity contribution >= 4 is 0 Å². The number of piperidine rings is 1. The molecule has 1 aliphatic carbocycles. The largest absolute Gasteiger partial charge is 0.300 e. The van der Waals surface area contributed by atoms with E-state index in [-0.39, 0.29) is 5.54 Å². The third-order valence-electron chi connectivity index (χ3n) is 4.49. The first kappa shape index (κ1) is 13.8. The van der Waals surface area contributed by atoms with Crippen LogP contribution in [-0.2, 0) is 0 Å². The molecule has 0 aromatic rings. The summed E-state index contributed by atoms with van der Waals surface area (Å²) in [6, 6.07) is 3.77. The molecule has 0 radical (unpaired) electrons. The van der Waals surface area contributed by atoms with E-state index in [4.69, 9.17) is 0 Å². The molecule has 0 aromatic heterocycles. The zero-order valence-corrected chi connectivity index (χ0v) is 12.1. The lowest BCUT2D eigenvalue weighted by Crippen LogP contribution is -2.48. The Labute approximate surface area is 112 Å². The molecule has 1 saturated carbocycles. The van der Waals surface area contributed by atoms with Crippen molar-refractivity contribution in [3.05, 3.63) is 0 Å². The van der Waals surface area contributed by atoms with E-state index in [1.54, 1.807) is 0 Å². The zero-order valence-electron chi connectivity index (χ0n) is 12.1. The summed E-state index contributed by atoms with van der Waals surface area (Å²) >= 11 is 0. The van der Waals surface area contributed by atoms with Crippen LogP contribution < -0.4 is 5.32 Å². The second-order valence-electron chi connectivity index (χ2n) is 6.64. The SMILES string of the molecule is CC1CCC(C)N(CCC(C)(C#N)NC2CC2)C1. The van der Waals surface area contributed by atoms with Crippen LogP contribution in [0, 0.1) is 17.2 Å². The molecule has 3 unspecified atom stereocenters. The molecule has 1 aliphatic heterocycles. The summed E-state index contributed by atoms with van der Waals surface area (Å²) in [5, 5.41) is 12.9. The maximum absolute atomic E-state index is 9.38. The molecule has 0 spiro atoms. The van der Waals surface area contributed by atoms with Crippen molar-refractivity contribution in [2.24, 2.45) is 5.92 Å². The Hall–Kier alpha value is -0.590. The Morgan fingerprint density at radius 1 is 1.28 bits per heavy atom. The summed E-state index contributed by atoms with van der Waals surface area (Å²) in [6.07, 6.45) is 6.09. The fraction of sp³-hybridized carbons (Fsp3) is 0.933. The van der Waals surface area contributed by atoms with Gasteiger partial charge in [0.15, 0.2) is 0 Å². The van der Waals surface area contributed by atoms with Crippen LogP contribution in [0.3, 0.4) is 0 Å². The van der Waals surface area contributed by atoms with Gasteiger partial charge in [-0.05, 0) is 51.9 Å². The molecule has 0 amide bonds. The normalized spacial score (nSPS) is 32.8. The molecule has 0 bridgehead atoms. The number of rotatable bonds is 5. The van der Waals surface area contributed by atoms with E-state index in [2.05, 4.69) is 37.1 Å². The zero-order chi connectivity index (χ0) is 13.2. The van der Waals surface area contributed by atoms with Crippen molar-refractivity contribution in [3.63, 3.8) is 0 Å². The van der Waals surface area contributed by atoms with Crippen molar-refractivity contribution < 1.29 is 0 Å².